The molecular weight excluding hydrogens is 358 g/mol. The number of para-hydroxylation sites is 1. The Morgan fingerprint density at radius 1 is 1.21 bits per heavy atom. The number of carbonyl (C=O) groups is 2. The summed E-state index contributed by atoms with van der Waals surface area (Å²) in [7, 11) is 0. The average molecular weight is 387 g/mol. The third-order valence-corrected chi connectivity index (χ3v) is 5.72. The molecule has 0 unspecified atom stereocenters. The van der Waals surface area contributed by atoms with Gasteiger partial charge in [-0.25, -0.2) is 4.79 Å². The number of ether oxygens (including phenoxy) is 2. The SMILES string of the molecule is CCOCc1c(C(=O)OCC(=O)N[C@@H]2CCC[C@H](C)[C@@H]2C)oc2ccccc12. The first-order chi connectivity index (χ1) is 13.5. The molecule has 1 aromatic heterocycles. The number of hydrogen-bond acceptors (Lipinski definition) is 5. The van der Waals surface area contributed by atoms with Gasteiger partial charge in [-0.2, -0.15) is 0 Å². The lowest BCUT2D eigenvalue weighted by molar-refractivity contribution is -0.125. The van der Waals surface area contributed by atoms with E-state index in [1.807, 2.05) is 25.1 Å². The van der Waals surface area contributed by atoms with E-state index in [1.165, 1.54) is 6.42 Å². The van der Waals surface area contributed by atoms with Gasteiger partial charge in [0.15, 0.2) is 6.61 Å². The van der Waals surface area contributed by atoms with Gasteiger partial charge in [-0.3, -0.25) is 4.79 Å². The van der Waals surface area contributed by atoms with Crippen LogP contribution in [-0.2, 0) is 20.9 Å². The van der Waals surface area contributed by atoms with Crippen LogP contribution in [0.1, 0.15) is 56.2 Å². The normalized spacial score (nSPS) is 22.2. The number of amides is 1. The van der Waals surface area contributed by atoms with E-state index in [-0.39, 0.29) is 30.9 Å². The fourth-order valence-corrected chi connectivity index (χ4v) is 3.84. The Labute approximate surface area is 165 Å². The van der Waals surface area contributed by atoms with Crippen molar-refractivity contribution in [1.82, 2.24) is 5.32 Å². The van der Waals surface area contributed by atoms with Gasteiger partial charge in [0.05, 0.1) is 6.61 Å². The second-order valence-electron chi connectivity index (χ2n) is 7.56. The monoisotopic (exact) mass is 387 g/mol. The van der Waals surface area contributed by atoms with Crippen molar-refractivity contribution in [3.8, 4) is 0 Å². The summed E-state index contributed by atoms with van der Waals surface area (Å²) in [5, 5.41) is 3.83. The van der Waals surface area contributed by atoms with Crippen molar-refractivity contribution in [1.29, 1.82) is 0 Å². The molecule has 0 saturated heterocycles. The van der Waals surface area contributed by atoms with E-state index in [0.29, 0.717) is 29.6 Å². The van der Waals surface area contributed by atoms with Gasteiger partial charge in [0.25, 0.3) is 5.91 Å². The summed E-state index contributed by atoms with van der Waals surface area (Å²) in [6.07, 6.45) is 3.26. The Kier molecular flexibility index (Phi) is 6.73. The number of carbonyl (C=O) groups excluding carboxylic acids is 2. The predicted octanol–water partition coefficient (Wildman–Crippen LogP) is 4.07. The third-order valence-electron chi connectivity index (χ3n) is 5.72. The van der Waals surface area contributed by atoms with Gasteiger partial charge in [-0.15, -0.1) is 0 Å². The lowest BCUT2D eigenvalue weighted by Crippen LogP contribution is -2.45. The molecule has 0 radical (unpaired) electrons. The predicted molar refractivity (Wildman–Crippen MR) is 106 cm³/mol. The van der Waals surface area contributed by atoms with Crippen LogP contribution < -0.4 is 5.32 Å². The van der Waals surface area contributed by atoms with Crippen LogP contribution in [0.25, 0.3) is 11.0 Å². The minimum Gasteiger partial charge on any atom is -0.450 e. The highest BCUT2D eigenvalue weighted by molar-refractivity contribution is 5.96. The minimum atomic E-state index is -0.647. The molecular formula is C22H29NO5. The van der Waals surface area contributed by atoms with Gasteiger partial charge in [-0.05, 0) is 31.2 Å². The standard InChI is InChI=1S/C22H29NO5/c1-4-26-12-17-16-9-5-6-11-19(16)28-21(17)22(25)27-13-20(24)23-18-10-7-8-14(2)15(18)3/h5-6,9,11,14-15,18H,4,7-8,10,12-13H2,1-3H3,(H,23,24)/t14-,15-,18+/m0/s1. The lowest BCUT2D eigenvalue weighted by atomic mass is 9.78. The van der Waals surface area contributed by atoms with Gasteiger partial charge >= 0.3 is 5.97 Å². The molecule has 0 bridgehead atoms. The molecule has 28 heavy (non-hydrogen) atoms. The number of hydrogen-bond donors (Lipinski definition) is 1. The zero-order valence-corrected chi connectivity index (χ0v) is 16.8. The molecule has 1 aromatic carbocycles. The zero-order valence-electron chi connectivity index (χ0n) is 16.8. The first-order valence-electron chi connectivity index (χ1n) is 10.1. The Bertz CT molecular complexity index is 827. The number of esters is 1. The Balaban J connectivity index is 1.63. The molecule has 1 heterocycles. The molecule has 3 atom stereocenters. The number of nitrogens with one attached hydrogen (secondary N) is 1. The Morgan fingerprint density at radius 3 is 2.79 bits per heavy atom. The Morgan fingerprint density at radius 2 is 2.00 bits per heavy atom. The van der Waals surface area contributed by atoms with E-state index in [2.05, 4.69) is 19.2 Å². The van der Waals surface area contributed by atoms with Crippen LogP contribution in [0.5, 0.6) is 0 Å². The van der Waals surface area contributed by atoms with Crippen LogP contribution in [0.15, 0.2) is 28.7 Å². The van der Waals surface area contributed by atoms with Crippen molar-refractivity contribution in [3.05, 3.63) is 35.6 Å². The zero-order chi connectivity index (χ0) is 20.1. The molecule has 1 aliphatic carbocycles. The first-order valence-corrected chi connectivity index (χ1v) is 10.1. The van der Waals surface area contributed by atoms with Crippen LogP contribution in [-0.4, -0.2) is 31.1 Å². The van der Waals surface area contributed by atoms with Crippen LogP contribution >= 0.6 is 0 Å². The number of benzene rings is 1. The van der Waals surface area contributed by atoms with E-state index in [4.69, 9.17) is 13.9 Å². The molecule has 1 saturated carbocycles. The average Bonchev–Trinajstić information content (AvgIpc) is 3.06. The second kappa shape index (κ2) is 9.24. The molecule has 3 rings (SSSR count). The number of furan rings is 1. The van der Waals surface area contributed by atoms with Crippen molar-refractivity contribution >= 4 is 22.8 Å². The minimum absolute atomic E-state index is 0.0992. The summed E-state index contributed by atoms with van der Waals surface area (Å²) in [6, 6.07) is 7.52. The molecule has 1 fully saturated rings. The molecule has 0 aliphatic heterocycles. The maximum absolute atomic E-state index is 12.6. The van der Waals surface area contributed by atoms with Crippen LogP contribution in [0.4, 0.5) is 0 Å². The molecule has 152 valence electrons. The van der Waals surface area contributed by atoms with Crippen LogP contribution in [0.2, 0.25) is 0 Å². The molecule has 2 aromatic rings. The van der Waals surface area contributed by atoms with Gasteiger partial charge < -0.3 is 19.2 Å². The second-order valence-corrected chi connectivity index (χ2v) is 7.56. The summed E-state index contributed by atoms with van der Waals surface area (Å²) in [6.45, 7) is 6.72. The molecule has 1 aliphatic rings. The molecule has 1 N–H and O–H groups in total. The smallest absolute Gasteiger partial charge is 0.375 e. The van der Waals surface area contributed by atoms with Crippen LogP contribution in [0.3, 0.4) is 0 Å². The van der Waals surface area contributed by atoms with Gasteiger partial charge in [-0.1, -0.05) is 44.9 Å². The number of rotatable bonds is 7. The maximum Gasteiger partial charge on any atom is 0.375 e. The van der Waals surface area contributed by atoms with Gasteiger partial charge in [0, 0.05) is 23.6 Å². The summed E-state index contributed by atoms with van der Waals surface area (Å²) >= 11 is 0. The van der Waals surface area contributed by atoms with Crippen molar-refractivity contribution in [2.45, 2.75) is 52.7 Å². The van der Waals surface area contributed by atoms with E-state index >= 15 is 0 Å². The summed E-state index contributed by atoms with van der Waals surface area (Å²) in [5.74, 6) is 0.176. The Hall–Kier alpha value is -2.34. The fraction of sp³-hybridized carbons (Fsp3) is 0.545. The summed E-state index contributed by atoms with van der Waals surface area (Å²) < 4.78 is 16.4. The topological polar surface area (TPSA) is 77.8 Å². The van der Waals surface area contributed by atoms with E-state index < -0.39 is 5.97 Å². The summed E-state index contributed by atoms with van der Waals surface area (Å²) in [5.41, 5.74) is 1.25. The van der Waals surface area contributed by atoms with E-state index in [1.54, 1.807) is 6.07 Å². The number of fused-ring (bicyclic) bond motifs is 1. The lowest BCUT2D eigenvalue weighted by Gasteiger charge is -2.34. The van der Waals surface area contributed by atoms with Crippen molar-refractivity contribution in [2.24, 2.45) is 11.8 Å². The highest BCUT2D eigenvalue weighted by Gasteiger charge is 2.29. The van der Waals surface area contributed by atoms with Crippen molar-refractivity contribution in [2.75, 3.05) is 13.2 Å². The van der Waals surface area contributed by atoms with Gasteiger partial charge in [0.1, 0.15) is 5.58 Å². The molecule has 1 amide bonds. The van der Waals surface area contributed by atoms with Crippen molar-refractivity contribution < 1.29 is 23.5 Å². The first kappa shape index (κ1) is 20.4. The van der Waals surface area contributed by atoms with Gasteiger partial charge in [0.2, 0.25) is 5.76 Å². The quantitative estimate of drug-likeness (QED) is 0.725. The molecule has 6 heteroatoms. The van der Waals surface area contributed by atoms with E-state index in [0.717, 1.165) is 18.2 Å². The fourth-order valence-electron chi connectivity index (χ4n) is 3.84. The highest BCUT2D eigenvalue weighted by Crippen LogP contribution is 2.30. The highest BCUT2D eigenvalue weighted by atomic mass is 16.5. The van der Waals surface area contributed by atoms with Crippen LogP contribution in [0, 0.1) is 11.8 Å². The molecule has 0 spiro atoms. The van der Waals surface area contributed by atoms with E-state index in [9.17, 15) is 9.59 Å². The largest absolute Gasteiger partial charge is 0.450 e. The molecule has 6 nitrogen and oxygen atoms in total. The maximum atomic E-state index is 12.6. The third kappa shape index (κ3) is 4.55. The summed E-state index contributed by atoms with van der Waals surface area (Å²) in [4.78, 5) is 24.8. The van der Waals surface area contributed by atoms with Crippen molar-refractivity contribution in [3.63, 3.8) is 0 Å².